The molecule has 0 spiro atoms. The highest BCUT2D eigenvalue weighted by atomic mass is 16.5. The molecule has 0 aliphatic carbocycles. The summed E-state index contributed by atoms with van der Waals surface area (Å²) in [4.78, 5) is 21.1. The number of carbonyl (C=O) groups is 2. The van der Waals surface area contributed by atoms with Crippen LogP contribution in [0.2, 0.25) is 0 Å². The van der Waals surface area contributed by atoms with Crippen molar-refractivity contribution in [3.8, 4) is 0 Å². The van der Waals surface area contributed by atoms with Crippen molar-refractivity contribution in [2.45, 2.75) is 51.9 Å². The van der Waals surface area contributed by atoms with E-state index in [9.17, 15) is 9.59 Å². The van der Waals surface area contributed by atoms with Crippen LogP contribution in [0.25, 0.3) is 0 Å². The first-order valence-corrected chi connectivity index (χ1v) is 8.20. The minimum Gasteiger partial charge on any atom is -0.462 e. The Morgan fingerprint density at radius 3 is 2.38 bits per heavy atom. The van der Waals surface area contributed by atoms with Crippen LogP contribution in [0.3, 0.4) is 0 Å². The van der Waals surface area contributed by atoms with Gasteiger partial charge < -0.3 is 20.1 Å². The van der Waals surface area contributed by atoms with E-state index in [0.29, 0.717) is 13.1 Å². The third kappa shape index (κ3) is 9.84. The van der Waals surface area contributed by atoms with Gasteiger partial charge in [-0.25, -0.2) is 4.79 Å². The summed E-state index contributed by atoms with van der Waals surface area (Å²) in [5.41, 5.74) is 0.690. The zero-order chi connectivity index (χ0) is 17.8. The maximum atomic E-state index is 11.5. The molecule has 0 atom stereocenters. The summed E-state index contributed by atoms with van der Waals surface area (Å²) in [7, 11) is 0. The van der Waals surface area contributed by atoms with E-state index in [-0.39, 0.29) is 17.7 Å². The summed E-state index contributed by atoms with van der Waals surface area (Å²) < 4.78 is 9.71. The molecule has 1 amide bonds. The molecule has 0 aromatic heterocycles. The molecule has 0 unspecified atom stereocenters. The molecule has 1 aromatic rings. The van der Waals surface area contributed by atoms with Gasteiger partial charge in [0.15, 0.2) is 0 Å². The summed E-state index contributed by atoms with van der Waals surface area (Å²) in [5, 5.41) is 6.14. The standard InChI is InChI=1S/C13H18N2O2.C5H10O2/c16-13(15-12-6-8-14-9-7-12)17-10-11-4-2-1-3-5-11;1-5(2,3)7-4-6/h1-5,12,14H,6-10H2,(H,15,16);4H,1-3H3. The Kier molecular flexibility index (Phi) is 8.86. The van der Waals surface area contributed by atoms with E-state index < -0.39 is 0 Å². The Labute approximate surface area is 143 Å². The van der Waals surface area contributed by atoms with Crippen molar-refractivity contribution in [2.24, 2.45) is 0 Å². The van der Waals surface area contributed by atoms with Crippen LogP contribution in [-0.4, -0.2) is 37.3 Å². The Bertz CT molecular complexity index is 480. The van der Waals surface area contributed by atoms with Gasteiger partial charge in [-0.1, -0.05) is 30.3 Å². The Hall–Kier alpha value is -2.08. The minimum absolute atomic E-state index is 0.250. The monoisotopic (exact) mass is 336 g/mol. The highest BCUT2D eigenvalue weighted by Gasteiger charge is 2.15. The van der Waals surface area contributed by atoms with E-state index in [0.717, 1.165) is 31.5 Å². The second-order valence-electron chi connectivity index (χ2n) is 6.56. The molecule has 1 aliphatic rings. The molecular formula is C18H28N2O4. The summed E-state index contributed by atoms with van der Waals surface area (Å²) in [5.74, 6) is 0. The van der Waals surface area contributed by atoms with Crippen molar-refractivity contribution >= 4 is 12.6 Å². The number of alkyl carbamates (subject to hydrolysis) is 1. The van der Waals surface area contributed by atoms with Gasteiger partial charge >= 0.3 is 6.09 Å². The number of rotatable bonds is 4. The predicted molar refractivity (Wildman–Crippen MR) is 92.6 cm³/mol. The second kappa shape index (κ2) is 10.6. The highest BCUT2D eigenvalue weighted by molar-refractivity contribution is 5.67. The van der Waals surface area contributed by atoms with Crippen molar-refractivity contribution in [1.29, 1.82) is 0 Å². The predicted octanol–water partition coefficient (Wildman–Crippen LogP) is 2.62. The van der Waals surface area contributed by atoms with Gasteiger partial charge in [0.05, 0.1) is 0 Å². The van der Waals surface area contributed by atoms with E-state index >= 15 is 0 Å². The molecule has 1 heterocycles. The molecule has 0 radical (unpaired) electrons. The number of nitrogens with one attached hydrogen (secondary N) is 2. The average Bonchev–Trinajstić information content (AvgIpc) is 2.54. The van der Waals surface area contributed by atoms with Crippen LogP contribution in [0.5, 0.6) is 0 Å². The second-order valence-corrected chi connectivity index (χ2v) is 6.56. The first kappa shape index (κ1) is 20.0. The van der Waals surface area contributed by atoms with E-state index in [4.69, 9.17) is 4.74 Å². The van der Waals surface area contributed by atoms with Crippen molar-refractivity contribution in [1.82, 2.24) is 10.6 Å². The van der Waals surface area contributed by atoms with Crippen LogP contribution in [0.4, 0.5) is 4.79 Å². The van der Waals surface area contributed by atoms with Gasteiger partial charge in [-0.3, -0.25) is 4.79 Å². The number of carbonyl (C=O) groups excluding carboxylic acids is 2. The molecule has 0 saturated carbocycles. The Balaban J connectivity index is 0.000000351. The van der Waals surface area contributed by atoms with E-state index in [1.807, 2.05) is 51.1 Å². The van der Waals surface area contributed by atoms with Crippen LogP contribution in [0.15, 0.2) is 30.3 Å². The molecule has 1 fully saturated rings. The minimum atomic E-state index is -0.319. The topological polar surface area (TPSA) is 76.7 Å². The fourth-order valence-electron chi connectivity index (χ4n) is 2.04. The third-order valence-electron chi connectivity index (χ3n) is 3.28. The lowest BCUT2D eigenvalue weighted by atomic mass is 10.1. The summed E-state index contributed by atoms with van der Waals surface area (Å²) in [6.45, 7) is 8.18. The van der Waals surface area contributed by atoms with Gasteiger partial charge in [0.25, 0.3) is 6.47 Å². The van der Waals surface area contributed by atoms with Crippen molar-refractivity contribution in [2.75, 3.05) is 13.1 Å². The van der Waals surface area contributed by atoms with Crippen molar-refractivity contribution in [3.05, 3.63) is 35.9 Å². The van der Waals surface area contributed by atoms with Crippen molar-refractivity contribution < 1.29 is 19.1 Å². The summed E-state index contributed by atoms with van der Waals surface area (Å²) >= 11 is 0. The number of ether oxygens (including phenoxy) is 2. The zero-order valence-corrected chi connectivity index (χ0v) is 14.7. The largest absolute Gasteiger partial charge is 0.462 e. The van der Waals surface area contributed by atoms with Crippen molar-refractivity contribution in [3.63, 3.8) is 0 Å². The first-order chi connectivity index (χ1) is 11.4. The maximum Gasteiger partial charge on any atom is 0.407 e. The lowest BCUT2D eigenvalue weighted by Gasteiger charge is -2.23. The lowest BCUT2D eigenvalue weighted by Crippen LogP contribution is -2.42. The highest BCUT2D eigenvalue weighted by Crippen LogP contribution is 2.04. The fourth-order valence-corrected chi connectivity index (χ4v) is 2.04. The van der Waals surface area contributed by atoms with E-state index in [2.05, 4.69) is 15.4 Å². The molecule has 1 aliphatic heterocycles. The summed E-state index contributed by atoms with van der Waals surface area (Å²) in [6, 6.07) is 9.95. The lowest BCUT2D eigenvalue weighted by molar-refractivity contribution is -0.138. The molecular weight excluding hydrogens is 308 g/mol. The summed E-state index contributed by atoms with van der Waals surface area (Å²) in [6.07, 6.45) is 1.63. The van der Waals surface area contributed by atoms with Crippen LogP contribution in [-0.2, 0) is 20.9 Å². The SMILES string of the molecule is CC(C)(C)OC=O.O=C(NC1CCNCC1)OCc1ccccc1. The number of benzene rings is 1. The van der Waals surface area contributed by atoms with Gasteiger partial charge in [-0.15, -0.1) is 0 Å². The fraction of sp³-hybridized carbons (Fsp3) is 0.556. The van der Waals surface area contributed by atoms with Gasteiger partial charge in [-0.05, 0) is 52.3 Å². The molecule has 6 nitrogen and oxygen atoms in total. The number of hydrogen-bond donors (Lipinski definition) is 2. The molecule has 1 saturated heterocycles. The molecule has 0 bridgehead atoms. The quantitative estimate of drug-likeness (QED) is 0.827. The number of amides is 1. The maximum absolute atomic E-state index is 11.5. The normalized spacial score (nSPS) is 14.8. The van der Waals surface area contributed by atoms with Crippen LogP contribution < -0.4 is 10.6 Å². The van der Waals surface area contributed by atoms with E-state index in [1.165, 1.54) is 0 Å². The van der Waals surface area contributed by atoms with E-state index in [1.54, 1.807) is 0 Å². The number of hydrogen-bond acceptors (Lipinski definition) is 5. The van der Waals surface area contributed by atoms with Crippen LogP contribution >= 0.6 is 0 Å². The molecule has 24 heavy (non-hydrogen) atoms. The molecule has 2 N–H and O–H groups in total. The molecule has 134 valence electrons. The smallest absolute Gasteiger partial charge is 0.407 e. The third-order valence-corrected chi connectivity index (χ3v) is 3.28. The van der Waals surface area contributed by atoms with Crippen LogP contribution in [0, 0.1) is 0 Å². The van der Waals surface area contributed by atoms with Gasteiger partial charge in [0.1, 0.15) is 12.2 Å². The Morgan fingerprint density at radius 2 is 1.88 bits per heavy atom. The molecule has 1 aromatic carbocycles. The Morgan fingerprint density at radius 1 is 1.25 bits per heavy atom. The van der Waals surface area contributed by atoms with Gasteiger partial charge in [0, 0.05) is 6.04 Å². The van der Waals surface area contributed by atoms with Gasteiger partial charge in [-0.2, -0.15) is 0 Å². The molecule has 2 rings (SSSR count). The molecule has 6 heteroatoms. The average molecular weight is 336 g/mol. The van der Waals surface area contributed by atoms with Crippen LogP contribution in [0.1, 0.15) is 39.2 Å². The van der Waals surface area contributed by atoms with Gasteiger partial charge in [0.2, 0.25) is 0 Å². The number of piperidine rings is 1. The first-order valence-electron chi connectivity index (χ1n) is 8.20. The zero-order valence-electron chi connectivity index (χ0n) is 14.7.